The summed E-state index contributed by atoms with van der Waals surface area (Å²) in [5.74, 6) is -0.570. The molecule has 110 valence electrons. The molecular formula is C13H11Cl2N3O3. The van der Waals surface area contributed by atoms with E-state index >= 15 is 0 Å². The van der Waals surface area contributed by atoms with Crippen LogP contribution in [0.15, 0.2) is 29.2 Å². The topological polar surface area (TPSA) is 84.1 Å². The Hall–Kier alpha value is -2.05. The molecule has 0 aliphatic carbocycles. The van der Waals surface area contributed by atoms with E-state index < -0.39 is 11.5 Å². The number of H-pyrrole nitrogens is 1. The summed E-state index contributed by atoms with van der Waals surface area (Å²) in [5.41, 5.74) is -0.242. The predicted molar refractivity (Wildman–Crippen MR) is 80.6 cm³/mol. The van der Waals surface area contributed by atoms with Gasteiger partial charge in [0.05, 0.1) is 23.5 Å². The molecular weight excluding hydrogens is 317 g/mol. The van der Waals surface area contributed by atoms with Crippen LogP contribution in [0.1, 0.15) is 17.3 Å². The van der Waals surface area contributed by atoms with Gasteiger partial charge in [0.2, 0.25) is 5.95 Å². The average molecular weight is 328 g/mol. The quantitative estimate of drug-likeness (QED) is 0.843. The maximum Gasteiger partial charge on any atom is 0.345 e. The molecule has 8 heteroatoms. The molecule has 2 rings (SSSR count). The van der Waals surface area contributed by atoms with Gasteiger partial charge >= 0.3 is 5.97 Å². The summed E-state index contributed by atoms with van der Waals surface area (Å²) in [4.78, 5) is 29.7. The number of aromatic nitrogens is 2. The number of benzene rings is 1. The monoisotopic (exact) mass is 327 g/mol. The van der Waals surface area contributed by atoms with Crippen LogP contribution in [-0.2, 0) is 4.74 Å². The van der Waals surface area contributed by atoms with Gasteiger partial charge in [0.25, 0.3) is 5.56 Å². The van der Waals surface area contributed by atoms with Crippen molar-refractivity contribution in [1.29, 1.82) is 0 Å². The van der Waals surface area contributed by atoms with E-state index in [2.05, 4.69) is 15.3 Å². The number of aromatic amines is 1. The summed E-state index contributed by atoms with van der Waals surface area (Å²) in [6, 6.07) is 4.83. The molecule has 0 saturated heterocycles. The third-order valence-electron chi connectivity index (χ3n) is 2.48. The van der Waals surface area contributed by atoms with Gasteiger partial charge in [-0.3, -0.25) is 9.78 Å². The van der Waals surface area contributed by atoms with Crippen LogP contribution in [-0.4, -0.2) is 22.5 Å². The number of hydrogen-bond acceptors (Lipinski definition) is 5. The minimum absolute atomic E-state index is 0.150. The second-order valence-corrected chi connectivity index (χ2v) is 4.79. The molecule has 2 N–H and O–H groups in total. The number of esters is 1. The summed E-state index contributed by atoms with van der Waals surface area (Å²) in [6.07, 6.45) is 1.14. The fourth-order valence-electron chi connectivity index (χ4n) is 1.53. The van der Waals surface area contributed by atoms with Crippen molar-refractivity contribution >= 4 is 40.8 Å². The van der Waals surface area contributed by atoms with Gasteiger partial charge in [-0.15, -0.1) is 0 Å². The van der Waals surface area contributed by atoms with E-state index in [0.29, 0.717) is 15.7 Å². The van der Waals surface area contributed by atoms with E-state index in [1.807, 2.05) is 0 Å². The van der Waals surface area contributed by atoms with Crippen LogP contribution in [0.5, 0.6) is 0 Å². The molecule has 6 nitrogen and oxygen atoms in total. The Morgan fingerprint density at radius 2 is 2.19 bits per heavy atom. The number of anilines is 2. The van der Waals surface area contributed by atoms with Crippen molar-refractivity contribution in [3.05, 3.63) is 50.4 Å². The third kappa shape index (κ3) is 3.74. The van der Waals surface area contributed by atoms with E-state index in [1.165, 1.54) is 0 Å². The number of nitrogens with one attached hydrogen (secondary N) is 2. The zero-order valence-electron chi connectivity index (χ0n) is 10.9. The first kappa shape index (κ1) is 15.3. The van der Waals surface area contributed by atoms with Gasteiger partial charge in [0.1, 0.15) is 5.56 Å². The van der Waals surface area contributed by atoms with E-state index in [-0.39, 0.29) is 18.1 Å². The van der Waals surface area contributed by atoms with Crippen molar-refractivity contribution < 1.29 is 9.53 Å². The van der Waals surface area contributed by atoms with Crippen molar-refractivity contribution in [3.8, 4) is 0 Å². The number of carbonyl (C=O) groups excluding carboxylic acids is 1. The van der Waals surface area contributed by atoms with Crippen LogP contribution in [0.4, 0.5) is 11.6 Å². The summed E-state index contributed by atoms with van der Waals surface area (Å²) >= 11 is 11.8. The molecule has 0 amide bonds. The van der Waals surface area contributed by atoms with E-state index in [0.717, 1.165) is 6.20 Å². The van der Waals surface area contributed by atoms with Gasteiger partial charge in [0.15, 0.2) is 0 Å². The van der Waals surface area contributed by atoms with Crippen LogP contribution < -0.4 is 10.9 Å². The van der Waals surface area contributed by atoms with E-state index in [4.69, 9.17) is 27.9 Å². The van der Waals surface area contributed by atoms with Crippen LogP contribution >= 0.6 is 23.2 Å². The number of rotatable bonds is 4. The molecule has 0 fully saturated rings. The Balaban J connectivity index is 2.24. The molecule has 0 atom stereocenters. The molecule has 0 radical (unpaired) electrons. The Bertz CT molecular complexity index is 731. The Kier molecular flexibility index (Phi) is 4.82. The number of carbonyl (C=O) groups is 1. The summed E-state index contributed by atoms with van der Waals surface area (Å²) in [6.45, 7) is 1.83. The number of hydrogen-bond donors (Lipinski definition) is 2. The largest absolute Gasteiger partial charge is 0.462 e. The van der Waals surface area contributed by atoms with Crippen molar-refractivity contribution in [2.24, 2.45) is 0 Å². The van der Waals surface area contributed by atoms with Gasteiger partial charge < -0.3 is 10.1 Å². The Morgan fingerprint density at radius 3 is 2.81 bits per heavy atom. The molecule has 1 aromatic carbocycles. The Labute approximate surface area is 130 Å². The van der Waals surface area contributed by atoms with E-state index in [9.17, 15) is 9.59 Å². The van der Waals surface area contributed by atoms with Gasteiger partial charge in [-0.25, -0.2) is 9.78 Å². The molecule has 0 unspecified atom stereocenters. The lowest BCUT2D eigenvalue weighted by Gasteiger charge is -2.08. The third-order valence-corrected chi connectivity index (χ3v) is 3.03. The smallest absolute Gasteiger partial charge is 0.345 e. The second kappa shape index (κ2) is 6.60. The highest BCUT2D eigenvalue weighted by Gasteiger charge is 2.13. The molecule has 0 aliphatic heterocycles. The highest BCUT2D eigenvalue weighted by atomic mass is 35.5. The summed E-state index contributed by atoms with van der Waals surface area (Å²) in [5, 5.41) is 3.69. The first-order valence-electron chi connectivity index (χ1n) is 5.99. The summed E-state index contributed by atoms with van der Waals surface area (Å²) in [7, 11) is 0. The zero-order valence-corrected chi connectivity index (χ0v) is 12.5. The molecule has 0 aliphatic rings. The normalized spacial score (nSPS) is 10.2. The SMILES string of the molecule is CCOC(=O)c1cnc(Nc2ccc(Cl)cc2Cl)[nH]c1=O. The second-order valence-electron chi connectivity index (χ2n) is 3.94. The highest BCUT2D eigenvalue weighted by Crippen LogP contribution is 2.26. The fourth-order valence-corrected chi connectivity index (χ4v) is 1.99. The lowest BCUT2D eigenvalue weighted by molar-refractivity contribution is 0.0524. The fraction of sp³-hybridized carbons (Fsp3) is 0.154. The maximum atomic E-state index is 11.8. The number of halogens is 2. The van der Waals surface area contributed by atoms with Gasteiger partial charge in [-0.2, -0.15) is 0 Å². The van der Waals surface area contributed by atoms with Gasteiger partial charge in [-0.05, 0) is 25.1 Å². The van der Waals surface area contributed by atoms with Crippen molar-refractivity contribution in [2.45, 2.75) is 6.92 Å². The molecule has 1 aromatic heterocycles. The molecule has 0 saturated carbocycles. The van der Waals surface area contributed by atoms with Crippen LogP contribution in [0.25, 0.3) is 0 Å². The molecule has 0 spiro atoms. The highest BCUT2D eigenvalue weighted by molar-refractivity contribution is 6.36. The van der Waals surface area contributed by atoms with Crippen LogP contribution in [0.3, 0.4) is 0 Å². The first-order valence-corrected chi connectivity index (χ1v) is 6.75. The zero-order chi connectivity index (χ0) is 15.4. The standard InChI is InChI=1S/C13H11Cl2N3O3/c1-2-21-12(20)8-6-16-13(18-11(8)19)17-10-4-3-7(14)5-9(10)15/h3-6H,2H2,1H3,(H2,16,17,18,19). The molecule has 0 bridgehead atoms. The maximum absolute atomic E-state index is 11.8. The van der Waals surface area contributed by atoms with Gasteiger partial charge in [0, 0.05) is 5.02 Å². The molecule has 1 heterocycles. The van der Waals surface area contributed by atoms with Crippen molar-refractivity contribution in [3.63, 3.8) is 0 Å². The van der Waals surface area contributed by atoms with Crippen molar-refractivity contribution in [2.75, 3.05) is 11.9 Å². The summed E-state index contributed by atoms with van der Waals surface area (Å²) < 4.78 is 4.74. The minimum atomic E-state index is -0.720. The van der Waals surface area contributed by atoms with Crippen LogP contribution in [0, 0.1) is 0 Å². The average Bonchev–Trinajstić information content (AvgIpc) is 2.42. The lowest BCUT2D eigenvalue weighted by Crippen LogP contribution is -2.21. The Morgan fingerprint density at radius 1 is 1.43 bits per heavy atom. The predicted octanol–water partition coefficient (Wildman–Crippen LogP) is 3.00. The lowest BCUT2D eigenvalue weighted by atomic mass is 10.3. The number of ether oxygens (including phenoxy) is 1. The van der Waals surface area contributed by atoms with Crippen LogP contribution in [0.2, 0.25) is 10.0 Å². The molecule has 2 aromatic rings. The molecule has 21 heavy (non-hydrogen) atoms. The van der Waals surface area contributed by atoms with Gasteiger partial charge in [-0.1, -0.05) is 23.2 Å². The number of nitrogens with zero attached hydrogens (tertiary/aromatic N) is 1. The van der Waals surface area contributed by atoms with E-state index in [1.54, 1.807) is 25.1 Å². The van der Waals surface area contributed by atoms with Crippen molar-refractivity contribution in [1.82, 2.24) is 9.97 Å². The first-order chi connectivity index (χ1) is 10.0. The minimum Gasteiger partial charge on any atom is -0.462 e.